The van der Waals surface area contributed by atoms with Gasteiger partial charge in [0.25, 0.3) is 0 Å². The Hall–Kier alpha value is -2.79. The Balaban J connectivity index is 1.95. The fourth-order valence-corrected chi connectivity index (χ4v) is 6.08. The van der Waals surface area contributed by atoms with Crippen molar-refractivity contribution in [3.8, 4) is 0 Å². The molecule has 0 amide bonds. The van der Waals surface area contributed by atoms with Crippen molar-refractivity contribution >= 4 is 18.2 Å². The highest BCUT2D eigenvalue weighted by Crippen LogP contribution is 2.41. The van der Waals surface area contributed by atoms with Crippen LogP contribution in [0, 0.1) is 17.8 Å². The molecule has 1 aromatic rings. The largest absolute Gasteiger partial charge is 0.459 e. The maximum Gasteiger partial charge on any atom is 0.340 e. The third-order valence-corrected chi connectivity index (χ3v) is 8.49. The molecule has 0 bridgehead atoms. The molecule has 2 aliphatic rings. The van der Waals surface area contributed by atoms with Crippen LogP contribution in [0.1, 0.15) is 71.7 Å². The molecule has 3 rings (SSSR count). The van der Waals surface area contributed by atoms with Crippen LogP contribution in [-0.2, 0) is 38.0 Å². The molecule has 1 aromatic carbocycles. The van der Waals surface area contributed by atoms with E-state index in [-0.39, 0.29) is 24.5 Å². The number of rotatable bonds is 13. The Bertz CT molecular complexity index is 1150. The summed E-state index contributed by atoms with van der Waals surface area (Å²) >= 11 is 0. The van der Waals surface area contributed by atoms with E-state index >= 15 is 0 Å². The summed E-state index contributed by atoms with van der Waals surface area (Å²) in [5.74, 6) is -2.50. The Kier molecular flexibility index (Phi) is 11.6. The van der Waals surface area contributed by atoms with Crippen LogP contribution in [0.15, 0.2) is 41.7 Å². The molecule has 240 valence electrons. The van der Waals surface area contributed by atoms with Gasteiger partial charge in [-0.25, -0.2) is 9.59 Å². The monoisotopic (exact) mass is 603 g/mol. The molecule has 43 heavy (non-hydrogen) atoms. The van der Waals surface area contributed by atoms with Gasteiger partial charge >= 0.3 is 11.9 Å². The van der Waals surface area contributed by atoms with E-state index in [0.29, 0.717) is 29.7 Å². The van der Waals surface area contributed by atoms with Gasteiger partial charge in [-0.05, 0) is 52.9 Å². The fourth-order valence-electron chi connectivity index (χ4n) is 6.08. The molecule has 1 fully saturated rings. The van der Waals surface area contributed by atoms with Crippen LogP contribution in [0.3, 0.4) is 0 Å². The number of ether oxygens (including phenoxy) is 6. The molecule has 0 saturated carbocycles. The summed E-state index contributed by atoms with van der Waals surface area (Å²) in [5, 5.41) is 0. The lowest BCUT2D eigenvalue weighted by molar-refractivity contribution is -0.289. The van der Waals surface area contributed by atoms with E-state index in [2.05, 4.69) is 11.8 Å². The summed E-state index contributed by atoms with van der Waals surface area (Å²) < 4.78 is 36.7. The van der Waals surface area contributed by atoms with Crippen molar-refractivity contribution in [1.82, 2.24) is 4.90 Å². The molecule has 2 heterocycles. The van der Waals surface area contributed by atoms with Crippen molar-refractivity contribution in [2.75, 3.05) is 27.8 Å². The second-order valence-corrected chi connectivity index (χ2v) is 12.8. The highest BCUT2D eigenvalue weighted by atomic mass is 16.7. The Morgan fingerprint density at radius 3 is 2.42 bits per heavy atom. The van der Waals surface area contributed by atoms with Gasteiger partial charge in [-0.3, -0.25) is 0 Å². The number of carbonyl (C=O) groups excluding carboxylic acids is 3. The maximum absolute atomic E-state index is 12.8. The van der Waals surface area contributed by atoms with E-state index in [1.54, 1.807) is 52.1 Å². The SMILES string of the molecule is CO[C@](C)(C[C@@H](C)C=O)[C@H](O[C@@H]1OC(COC(=O)c2ccccc2)CC(N(C)C)C1C)[C@@H](C)C1=C(C)C(=O)OC(C)(C)O1. The average Bonchev–Trinajstić information content (AvgIpc) is 2.96. The van der Waals surface area contributed by atoms with Gasteiger partial charge in [-0.2, -0.15) is 0 Å². The molecule has 0 N–H and O–H groups in total. The van der Waals surface area contributed by atoms with E-state index in [9.17, 15) is 14.4 Å². The van der Waals surface area contributed by atoms with Gasteiger partial charge < -0.3 is 38.1 Å². The van der Waals surface area contributed by atoms with Crippen molar-refractivity contribution in [2.24, 2.45) is 17.8 Å². The van der Waals surface area contributed by atoms with E-state index in [4.69, 9.17) is 28.4 Å². The number of aldehydes is 1. The summed E-state index contributed by atoms with van der Waals surface area (Å²) in [6.07, 6.45) is 0.0269. The van der Waals surface area contributed by atoms with Gasteiger partial charge in [0.2, 0.25) is 5.79 Å². The van der Waals surface area contributed by atoms with Gasteiger partial charge in [0.1, 0.15) is 18.7 Å². The molecule has 2 aliphatic heterocycles. The summed E-state index contributed by atoms with van der Waals surface area (Å²) in [6.45, 7) is 12.8. The molecular weight excluding hydrogens is 554 g/mol. The molecule has 3 unspecified atom stereocenters. The van der Waals surface area contributed by atoms with E-state index in [0.717, 1.165) is 6.29 Å². The lowest BCUT2D eigenvalue weighted by Gasteiger charge is -2.48. The molecule has 0 aliphatic carbocycles. The Morgan fingerprint density at radius 1 is 1.19 bits per heavy atom. The standard InChI is InChI=1S/C33H49NO9/c1-20(18-35)17-33(7,38-10)28(22(3)27-23(4)29(36)43-32(5,6)42-27)41-31-21(2)26(34(8)9)16-25(40-31)19-39-30(37)24-14-12-11-13-15-24/h11-15,18,20-22,25-26,28,31H,16-17,19H2,1-10H3/t20-,21?,22+,25?,26?,28-,31+,33-/m1/s1. The molecule has 10 heteroatoms. The molecule has 0 radical (unpaired) electrons. The first-order valence-corrected chi connectivity index (χ1v) is 15.0. The number of carbonyl (C=O) groups is 3. The number of nitrogens with zero attached hydrogens (tertiary/aromatic N) is 1. The zero-order valence-electron chi connectivity index (χ0n) is 27.2. The van der Waals surface area contributed by atoms with Crippen LogP contribution in [0.5, 0.6) is 0 Å². The van der Waals surface area contributed by atoms with Crippen molar-refractivity contribution in [3.05, 3.63) is 47.2 Å². The van der Waals surface area contributed by atoms with Crippen LogP contribution in [-0.4, -0.2) is 86.9 Å². The second-order valence-electron chi connectivity index (χ2n) is 12.8. The van der Waals surface area contributed by atoms with Crippen LogP contribution in [0.25, 0.3) is 0 Å². The summed E-state index contributed by atoms with van der Waals surface area (Å²) in [7, 11) is 5.58. The maximum atomic E-state index is 12.8. The lowest BCUT2D eigenvalue weighted by atomic mass is 9.80. The number of esters is 2. The third kappa shape index (κ3) is 8.44. The zero-order valence-corrected chi connectivity index (χ0v) is 27.2. The van der Waals surface area contributed by atoms with Gasteiger partial charge in [0, 0.05) is 44.8 Å². The predicted molar refractivity (Wildman–Crippen MR) is 160 cm³/mol. The molecular formula is C33H49NO9. The smallest absolute Gasteiger partial charge is 0.340 e. The van der Waals surface area contributed by atoms with Gasteiger partial charge in [0.05, 0.1) is 28.9 Å². The topological polar surface area (TPSA) is 110 Å². The molecule has 10 nitrogen and oxygen atoms in total. The first-order valence-electron chi connectivity index (χ1n) is 15.0. The average molecular weight is 604 g/mol. The number of hydrogen-bond acceptors (Lipinski definition) is 10. The fraction of sp³-hybridized carbons (Fsp3) is 0.667. The van der Waals surface area contributed by atoms with E-state index < -0.39 is 47.7 Å². The minimum Gasteiger partial charge on any atom is -0.459 e. The van der Waals surface area contributed by atoms with Crippen LogP contribution < -0.4 is 0 Å². The van der Waals surface area contributed by atoms with Crippen LogP contribution in [0.2, 0.25) is 0 Å². The van der Waals surface area contributed by atoms with Crippen molar-refractivity contribution in [3.63, 3.8) is 0 Å². The van der Waals surface area contributed by atoms with E-state index in [1.165, 1.54) is 0 Å². The number of hydrogen-bond donors (Lipinski definition) is 0. The Morgan fingerprint density at radius 2 is 1.84 bits per heavy atom. The molecule has 0 spiro atoms. The lowest BCUT2D eigenvalue weighted by Crippen LogP contribution is -2.56. The normalized spacial score (nSPS) is 27.4. The minimum absolute atomic E-state index is 0.0543. The quantitative estimate of drug-likeness (QED) is 0.231. The molecule has 8 atom stereocenters. The van der Waals surface area contributed by atoms with Crippen LogP contribution in [0.4, 0.5) is 0 Å². The Labute approximate surface area is 256 Å². The second kappa shape index (κ2) is 14.3. The molecule has 0 aromatic heterocycles. The predicted octanol–water partition coefficient (Wildman–Crippen LogP) is 4.76. The summed E-state index contributed by atoms with van der Waals surface area (Å²) in [4.78, 5) is 39.3. The van der Waals surface area contributed by atoms with Gasteiger partial charge in [-0.15, -0.1) is 0 Å². The van der Waals surface area contributed by atoms with E-state index in [1.807, 2.05) is 40.9 Å². The molecule has 1 saturated heterocycles. The first kappa shape index (κ1) is 34.7. The number of benzene rings is 1. The summed E-state index contributed by atoms with van der Waals surface area (Å²) in [6, 6.07) is 8.88. The number of methoxy groups -OCH3 is 1. The van der Waals surface area contributed by atoms with Gasteiger partial charge in [0.15, 0.2) is 6.29 Å². The zero-order chi connectivity index (χ0) is 32.1. The summed E-state index contributed by atoms with van der Waals surface area (Å²) in [5.41, 5.74) is -0.155. The highest BCUT2D eigenvalue weighted by molar-refractivity contribution is 5.89. The van der Waals surface area contributed by atoms with Crippen molar-refractivity contribution in [2.45, 2.75) is 97.2 Å². The first-order chi connectivity index (χ1) is 20.1. The van der Waals surface area contributed by atoms with Crippen molar-refractivity contribution < 1.29 is 42.8 Å². The minimum atomic E-state index is -1.16. The van der Waals surface area contributed by atoms with Crippen LogP contribution >= 0.6 is 0 Å². The van der Waals surface area contributed by atoms with Crippen molar-refractivity contribution in [1.29, 1.82) is 0 Å². The highest BCUT2D eigenvalue weighted by Gasteiger charge is 2.49. The number of cyclic esters (lactones) is 1. The third-order valence-electron chi connectivity index (χ3n) is 8.49. The van der Waals surface area contributed by atoms with Gasteiger partial charge in [-0.1, -0.05) is 39.0 Å².